The summed E-state index contributed by atoms with van der Waals surface area (Å²) in [5, 5.41) is 17.0. The molecule has 1 aliphatic rings. The van der Waals surface area contributed by atoms with Crippen molar-refractivity contribution in [3.63, 3.8) is 0 Å². The molecule has 0 heterocycles. The average molecular weight is 411 g/mol. The molecule has 1 amide bonds. The molecule has 2 aromatic rings. The molecule has 30 heavy (non-hydrogen) atoms. The summed E-state index contributed by atoms with van der Waals surface area (Å²) in [5.74, 6) is -0.242. The van der Waals surface area contributed by atoms with Crippen molar-refractivity contribution < 1.29 is 9.72 Å². The van der Waals surface area contributed by atoms with Gasteiger partial charge in [-0.1, -0.05) is 43.5 Å². The number of benzene rings is 2. The highest BCUT2D eigenvalue weighted by atomic mass is 16.6. The molecule has 7 heteroatoms. The third kappa shape index (κ3) is 5.79. The Morgan fingerprint density at radius 3 is 2.60 bits per heavy atom. The zero-order chi connectivity index (χ0) is 21.5. The van der Waals surface area contributed by atoms with E-state index in [2.05, 4.69) is 28.6 Å². The quantitative estimate of drug-likeness (QED) is 0.486. The van der Waals surface area contributed by atoms with Crippen molar-refractivity contribution >= 4 is 23.0 Å². The van der Waals surface area contributed by atoms with Crippen molar-refractivity contribution in [3.05, 3.63) is 63.7 Å². The second-order valence-electron chi connectivity index (χ2n) is 8.02. The van der Waals surface area contributed by atoms with Crippen LogP contribution in [0.5, 0.6) is 0 Å². The van der Waals surface area contributed by atoms with E-state index in [1.54, 1.807) is 6.07 Å². The van der Waals surface area contributed by atoms with E-state index in [0.29, 0.717) is 11.7 Å². The number of nitro benzene ring substituents is 1. The zero-order valence-corrected chi connectivity index (χ0v) is 17.7. The first-order valence-electron chi connectivity index (χ1n) is 10.5. The molecule has 1 saturated carbocycles. The first-order valence-corrected chi connectivity index (χ1v) is 10.5. The maximum atomic E-state index is 12.4. The topological polar surface area (TPSA) is 87.5 Å². The highest BCUT2D eigenvalue weighted by molar-refractivity contribution is 5.94. The Morgan fingerprint density at radius 1 is 1.13 bits per heavy atom. The number of amides is 1. The minimum absolute atomic E-state index is 0.0417. The predicted molar refractivity (Wildman–Crippen MR) is 120 cm³/mol. The zero-order valence-electron chi connectivity index (χ0n) is 17.7. The number of hydrogen-bond donors (Lipinski definition) is 2. The Balaban J connectivity index is 1.60. The van der Waals surface area contributed by atoms with Crippen molar-refractivity contribution in [3.8, 4) is 0 Å². The second kappa shape index (κ2) is 10.2. The normalized spacial score (nSPS) is 14.5. The molecule has 0 aliphatic heterocycles. The number of non-ortho nitro benzene ring substituents is 1. The monoisotopic (exact) mass is 410 g/mol. The molecule has 1 fully saturated rings. The first kappa shape index (κ1) is 21.8. The van der Waals surface area contributed by atoms with E-state index in [9.17, 15) is 14.9 Å². The lowest BCUT2D eigenvalue weighted by Gasteiger charge is -2.31. The van der Waals surface area contributed by atoms with Gasteiger partial charge in [-0.3, -0.25) is 19.8 Å². The van der Waals surface area contributed by atoms with E-state index in [1.165, 1.54) is 44.2 Å². The molecule has 0 saturated heterocycles. The summed E-state index contributed by atoms with van der Waals surface area (Å²) in [5.41, 5.74) is 3.29. The van der Waals surface area contributed by atoms with Crippen molar-refractivity contribution in [1.82, 2.24) is 4.90 Å². The Hall–Kier alpha value is -2.93. The fourth-order valence-electron chi connectivity index (χ4n) is 3.98. The summed E-state index contributed by atoms with van der Waals surface area (Å²) in [6.45, 7) is 2.73. The summed E-state index contributed by atoms with van der Waals surface area (Å²) in [4.78, 5) is 25.4. The van der Waals surface area contributed by atoms with Crippen LogP contribution < -0.4 is 10.6 Å². The third-order valence-electron chi connectivity index (χ3n) is 5.78. The molecule has 1 aliphatic carbocycles. The first-order chi connectivity index (χ1) is 14.4. The van der Waals surface area contributed by atoms with Crippen molar-refractivity contribution in [2.45, 2.75) is 51.6 Å². The number of nitrogens with one attached hydrogen (secondary N) is 2. The lowest BCUT2D eigenvalue weighted by atomic mass is 9.94. The number of aryl methyl sites for hydroxylation is 1. The van der Waals surface area contributed by atoms with Gasteiger partial charge in [0.2, 0.25) is 5.91 Å². The van der Waals surface area contributed by atoms with Gasteiger partial charge in [0.05, 0.1) is 17.2 Å². The van der Waals surface area contributed by atoms with Gasteiger partial charge in [0, 0.05) is 30.4 Å². The number of carbonyl (C=O) groups is 1. The molecule has 0 radical (unpaired) electrons. The maximum Gasteiger partial charge on any atom is 0.271 e. The Morgan fingerprint density at radius 2 is 1.87 bits per heavy atom. The highest BCUT2D eigenvalue weighted by Gasteiger charge is 2.19. The van der Waals surface area contributed by atoms with Crippen LogP contribution in [0.4, 0.5) is 17.1 Å². The highest BCUT2D eigenvalue weighted by Crippen LogP contribution is 2.25. The Labute approximate surface area is 177 Å². The lowest BCUT2D eigenvalue weighted by Crippen LogP contribution is -2.33. The number of carbonyl (C=O) groups excluding carboxylic acids is 1. The van der Waals surface area contributed by atoms with E-state index in [1.807, 2.05) is 25.1 Å². The standard InChI is InChI=1S/C23H30N4O3/c1-17-12-13-20(27(29)30)14-22(17)25-23(28)15-24-21-11-7-6-8-18(21)16-26(2)19-9-4-3-5-10-19/h6-8,11-14,19,24H,3-5,9-10,15-16H2,1-2H3,(H,25,28). The molecule has 0 spiro atoms. The van der Waals surface area contributed by atoms with Crippen LogP contribution in [0.2, 0.25) is 0 Å². The fraction of sp³-hybridized carbons (Fsp3) is 0.435. The molecular formula is C23H30N4O3. The molecule has 0 aromatic heterocycles. The summed E-state index contributed by atoms with van der Waals surface area (Å²) >= 11 is 0. The van der Waals surface area contributed by atoms with Gasteiger partial charge >= 0.3 is 0 Å². The number of rotatable bonds is 8. The summed E-state index contributed by atoms with van der Waals surface area (Å²) in [6, 6.07) is 13.1. The number of nitro groups is 1. The van der Waals surface area contributed by atoms with Crippen molar-refractivity contribution in [2.75, 3.05) is 24.2 Å². The third-order valence-corrected chi connectivity index (χ3v) is 5.78. The van der Waals surface area contributed by atoms with Gasteiger partial charge in [-0.05, 0) is 44.0 Å². The van der Waals surface area contributed by atoms with Gasteiger partial charge in [0.25, 0.3) is 5.69 Å². The van der Waals surface area contributed by atoms with Crippen LogP contribution in [0.15, 0.2) is 42.5 Å². The number of nitrogens with zero attached hydrogens (tertiary/aromatic N) is 2. The smallest absolute Gasteiger partial charge is 0.271 e. The van der Waals surface area contributed by atoms with E-state index >= 15 is 0 Å². The lowest BCUT2D eigenvalue weighted by molar-refractivity contribution is -0.384. The summed E-state index contributed by atoms with van der Waals surface area (Å²) in [6.07, 6.45) is 6.42. The largest absolute Gasteiger partial charge is 0.376 e. The van der Waals surface area contributed by atoms with Gasteiger partial charge < -0.3 is 10.6 Å². The van der Waals surface area contributed by atoms with Gasteiger partial charge in [0.1, 0.15) is 0 Å². The van der Waals surface area contributed by atoms with E-state index < -0.39 is 4.92 Å². The maximum absolute atomic E-state index is 12.4. The Bertz CT molecular complexity index is 894. The number of hydrogen-bond acceptors (Lipinski definition) is 5. The molecule has 160 valence electrons. The SMILES string of the molecule is Cc1ccc([N+](=O)[O-])cc1NC(=O)CNc1ccccc1CN(C)C1CCCCC1. The summed E-state index contributed by atoms with van der Waals surface area (Å²) < 4.78 is 0. The van der Waals surface area contributed by atoms with E-state index in [4.69, 9.17) is 0 Å². The van der Waals surface area contributed by atoms with Gasteiger partial charge in [-0.15, -0.1) is 0 Å². The van der Waals surface area contributed by atoms with Gasteiger partial charge in [0.15, 0.2) is 0 Å². The van der Waals surface area contributed by atoms with Gasteiger partial charge in [-0.25, -0.2) is 0 Å². The molecule has 0 bridgehead atoms. The molecule has 0 unspecified atom stereocenters. The van der Waals surface area contributed by atoms with E-state index in [0.717, 1.165) is 23.4 Å². The van der Waals surface area contributed by atoms with Crippen LogP contribution in [-0.2, 0) is 11.3 Å². The van der Waals surface area contributed by atoms with Crippen molar-refractivity contribution in [2.24, 2.45) is 0 Å². The summed E-state index contributed by atoms with van der Waals surface area (Å²) in [7, 11) is 2.17. The van der Waals surface area contributed by atoms with Crippen LogP contribution in [-0.4, -0.2) is 35.4 Å². The molecule has 7 nitrogen and oxygen atoms in total. The molecule has 2 N–H and O–H groups in total. The van der Waals surface area contributed by atoms with Crippen molar-refractivity contribution in [1.29, 1.82) is 0 Å². The Kier molecular flexibility index (Phi) is 7.41. The van der Waals surface area contributed by atoms with Crippen LogP contribution in [0.3, 0.4) is 0 Å². The van der Waals surface area contributed by atoms with E-state index in [-0.39, 0.29) is 18.1 Å². The molecule has 3 rings (SSSR count). The van der Waals surface area contributed by atoms with Crippen LogP contribution in [0.25, 0.3) is 0 Å². The average Bonchev–Trinajstić information content (AvgIpc) is 2.75. The van der Waals surface area contributed by atoms with Crippen LogP contribution in [0, 0.1) is 17.0 Å². The molecular weight excluding hydrogens is 380 g/mol. The van der Waals surface area contributed by atoms with Crippen LogP contribution in [0.1, 0.15) is 43.2 Å². The molecule has 0 atom stereocenters. The van der Waals surface area contributed by atoms with Crippen LogP contribution >= 0.6 is 0 Å². The van der Waals surface area contributed by atoms with Gasteiger partial charge in [-0.2, -0.15) is 0 Å². The number of anilines is 2. The fourth-order valence-corrected chi connectivity index (χ4v) is 3.98. The minimum Gasteiger partial charge on any atom is -0.376 e. The minimum atomic E-state index is -0.466. The molecule has 2 aromatic carbocycles. The second-order valence-corrected chi connectivity index (χ2v) is 8.02. The number of para-hydroxylation sites is 1. The predicted octanol–water partition coefficient (Wildman–Crippen LogP) is 4.72.